The number of hydroxylamine groups is 1. The molecule has 1 aromatic carbocycles. The van der Waals surface area contributed by atoms with E-state index in [1.807, 2.05) is 0 Å². The van der Waals surface area contributed by atoms with Crippen LogP contribution in [0.5, 0.6) is 11.5 Å². The van der Waals surface area contributed by atoms with E-state index in [4.69, 9.17) is 14.7 Å². The van der Waals surface area contributed by atoms with E-state index in [2.05, 4.69) is 0 Å². The van der Waals surface area contributed by atoms with Crippen LogP contribution in [0.1, 0.15) is 5.56 Å². The molecule has 0 aliphatic heterocycles. The number of hydrogen-bond acceptors (Lipinski definition) is 4. The Kier molecular flexibility index (Phi) is 3.81. The van der Waals surface area contributed by atoms with Gasteiger partial charge in [0.1, 0.15) is 0 Å². The molecule has 0 spiro atoms. The lowest BCUT2D eigenvalue weighted by atomic mass is 10.1. The van der Waals surface area contributed by atoms with Crippen molar-refractivity contribution in [2.75, 3.05) is 14.2 Å². The normalized spacial score (nSPS) is 10.2. The molecule has 0 heterocycles. The number of ether oxygens (including phenoxy) is 2. The number of hydrogen-bond donors (Lipinski definition) is 2. The predicted molar refractivity (Wildman–Crippen MR) is 48.1 cm³/mol. The van der Waals surface area contributed by atoms with Crippen molar-refractivity contribution in [2.24, 2.45) is 0 Å². The van der Waals surface area contributed by atoms with E-state index < -0.39 is 11.6 Å². The molecule has 0 atom stereocenters. The lowest BCUT2D eigenvalue weighted by Crippen LogP contribution is -2.11. The van der Waals surface area contributed by atoms with Crippen LogP contribution in [0, 0.1) is 11.6 Å². The molecule has 15 heavy (non-hydrogen) atoms. The summed E-state index contributed by atoms with van der Waals surface area (Å²) in [6, 6.07) is 0.665. The average Bonchev–Trinajstić information content (AvgIpc) is 2.18. The van der Waals surface area contributed by atoms with Crippen molar-refractivity contribution in [3.05, 3.63) is 23.3 Å². The van der Waals surface area contributed by atoms with Gasteiger partial charge >= 0.3 is 0 Å². The minimum Gasteiger partial charge on any atom is -0.493 e. The van der Waals surface area contributed by atoms with Crippen molar-refractivity contribution in [3.8, 4) is 11.5 Å². The first-order chi connectivity index (χ1) is 7.15. The second kappa shape index (κ2) is 4.90. The smallest absolute Gasteiger partial charge is 0.168 e. The fourth-order valence-corrected chi connectivity index (χ4v) is 1.31. The highest BCUT2D eigenvalue weighted by Gasteiger charge is 2.19. The Balaban J connectivity index is 3.36. The van der Waals surface area contributed by atoms with Crippen molar-refractivity contribution in [3.63, 3.8) is 0 Å². The highest BCUT2D eigenvalue weighted by Crippen LogP contribution is 2.33. The van der Waals surface area contributed by atoms with Gasteiger partial charge in [0.05, 0.1) is 26.3 Å². The molecular formula is C9H11F2NO3. The lowest BCUT2D eigenvalue weighted by molar-refractivity contribution is 0.158. The van der Waals surface area contributed by atoms with Crippen LogP contribution in [0.4, 0.5) is 8.78 Å². The quantitative estimate of drug-likeness (QED) is 0.753. The van der Waals surface area contributed by atoms with Crippen molar-refractivity contribution in [1.82, 2.24) is 5.48 Å². The van der Waals surface area contributed by atoms with Crippen molar-refractivity contribution < 1.29 is 23.5 Å². The monoisotopic (exact) mass is 219 g/mol. The topological polar surface area (TPSA) is 50.7 Å². The van der Waals surface area contributed by atoms with Crippen LogP contribution in [0.15, 0.2) is 6.07 Å². The zero-order chi connectivity index (χ0) is 11.4. The first-order valence-corrected chi connectivity index (χ1v) is 4.11. The number of benzene rings is 1. The maximum atomic E-state index is 13.2. The van der Waals surface area contributed by atoms with Gasteiger partial charge in [-0.2, -0.15) is 0 Å². The molecule has 0 aromatic heterocycles. The summed E-state index contributed by atoms with van der Waals surface area (Å²) in [4.78, 5) is 0. The van der Waals surface area contributed by atoms with Gasteiger partial charge in [-0.25, -0.2) is 14.3 Å². The van der Waals surface area contributed by atoms with Crippen LogP contribution in [0.2, 0.25) is 0 Å². The molecular weight excluding hydrogens is 208 g/mol. The zero-order valence-electron chi connectivity index (χ0n) is 8.30. The van der Waals surface area contributed by atoms with Gasteiger partial charge in [-0.15, -0.1) is 0 Å². The Morgan fingerprint density at radius 3 is 2.00 bits per heavy atom. The summed E-state index contributed by atoms with van der Waals surface area (Å²) in [5, 5.41) is 8.54. The van der Waals surface area contributed by atoms with Gasteiger partial charge in [0, 0.05) is 6.07 Å². The first-order valence-electron chi connectivity index (χ1n) is 4.11. The highest BCUT2D eigenvalue weighted by atomic mass is 19.1. The van der Waals surface area contributed by atoms with E-state index in [0.29, 0.717) is 6.07 Å². The second-order valence-corrected chi connectivity index (χ2v) is 2.72. The van der Waals surface area contributed by atoms with E-state index in [0.717, 1.165) is 0 Å². The van der Waals surface area contributed by atoms with Crippen LogP contribution >= 0.6 is 0 Å². The number of rotatable bonds is 4. The van der Waals surface area contributed by atoms with Crippen LogP contribution in [-0.4, -0.2) is 19.4 Å². The van der Waals surface area contributed by atoms with Gasteiger partial charge in [0.2, 0.25) is 0 Å². The number of nitrogens with one attached hydrogen (secondary N) is 1. The minimum absolute atomic E-state index is 0.0833. The van der Waals surface area contributed by atoms with Crippen molar-refractivity contribution in [1.29, 1.82) is 0 Å². The van der Waals surface area contributed by atoms with Crippen molar-refractivity contribution >= 4 is 0 Å². The first kappa shape index (κ1) is 11.7. The fourth-order valence-electron chi connectivity index (χ4n) is 1.31. The molecule has 0 fully saturated rings. The Morgan fingerprint density at radius 1 is 1.20 bits per heavy atom. The molecule has 2 N–H and O–H groups in total. The van der Waals surface area contributed by atoms with Gasteiger partial charge in [-0.05, 0) is 0 Å². The van der Waals surface area contributed by atoms with Crippen LogP contribution in [-0.2, 0) is 6.54 Å². The summed E-state index contributed by atoms with van der Waals surface area (Å²) in [5.41, 5.74) is 1.88. The summed E-state index contributed by atoms with van der Waals surface area (Å²) in [6.07, 6.45) is 0. The standard InChI is InChI=1S/C9H11F2NO3/c1-14-8-5(4-12-13)9(15-2)7(11)3-6(8)10/h3,12-13H,4H2,1-2H3. The zero-order valence-corrected chi connectivity index (χ0v) is 8.30. The molecule has 1 rings (SSSR count). The molecule has 6 heteroatoms. The van der Waals surface area contributed by atoms with Gasteiger partial charge in [0.25, 0.3) is 0 Å². The summed E-state index contributed by atoms with van der Waals surface area (Å²) in [6.45, 7) is -0.180. The Hall–Kier alpha value is -1.40. The highest BCUT2D eigenvalue weighted by molar-refractivity contribution is 5.46. The molecule has 4 nitrogen and oxygen atoms in total. The van der Waals surface area contributed by atoms with E-state index in [1.165, 1.54) is 14.2 Å². The summed E-state index contributed by atoms with van der Waals surface area (Å²) >= 11 is 0. The summed E-state index contributed by atoms with van der Waals surface area (Å²) in [5.74, 6) is -2.01. The second-order valence-electron chi connectivity index (χ2n) is 2.72. The fraction of sp³-hybridized carbons (Fsp3) is 0.333. The van der Waals surface area contributed by atoms with Crippen LogP contribution in [0.25, 0.3) is 0 Å². The van der Waals surface area contributed by atoms with E-state index in [9.17, 15) is 8.78 Å². The van der Waals surface area contributed by atoms with Crippen LogP contribution in [0.3, 0.4) is 0 Å². The molecule has 0 bridgehead atoms. The third kappa shape index (κ3) is 2.16. The van der Waals surface area contributed by atoms with E-state index in [1.54, 1.807) is 5.48 Å². The Morgan fingerprint density at radius 2 is 1.67 bits per heavy atom. The van der Waals surface area contributed by atoms with Gasteiger partial charge < -0.3 is 14.7 Å². The van der Waals surface area contributed by atoms with E-state index >= 15 is 0 Å². The molecule has 0 amide bonds. The van der Waals surface area contributed by atoms with Gasteiger partial charge in [-0.1, -0.05) is 0 Å². The van der Waals surface area contributed by atoms with Crippen molar-refractivity contribution in [2.45, 2.75) is 6.54 Å². The predicted octanol–water partition coefficient (Wildman–Crippen LogP) is 1.46. The third-order valence-electron chi connectivity index (χ3n) is 1.90. The van der Waals surface area contributed by atoms with E-state index in [-0.39, 0.29) is 23.6 Å². The van der Waals surface area contributed by atoms with Crippen LogP contribution < -0.4 is 15.0 Å². The van der Waals surface area contributed by atoms with Gasteiger partial charge in [0.15, 0.2) is 23.1 Å². The molecule has 0 saturated carbocycles. The maximum absolute atomic E-state index is 13.2. The SMILES string of the molecule is COc1c(F)cc(F)c(OC)c1CNO. The molecule has 0 aliphatic carbocycles. The molecule has 0 radical (unpaired) electrons. The summed E-state index contributed by atoms with van der Waals surface area (Å²) in [7, 11) is 2.49. The van der Waals surface area contributed by atoms with Gasteiger partial charge in [-0.3, -0.25) is 0 Å². The molecule has 0 aliphatic rings. The Labute approximate surface area is 85.4 Å². The third-order valence-corrected chi connectivity index (χ3v) is 1.90. The number of methoxy groups -OCH3 is 2. The Bertz CT molecular complexity index is 329. The molecule has 0 unspecified atom stereocenters. The maximum Gasteiger partial charge on any atom is 0.168 e. The molecule has 1 aromatic rings. The molecule has 0 saturated heterocycles. The molecule has 84 valence electrons. The lowest BCUT2D eigenvalue weighted by Gasteiger charge is -2.13. The minimum atomic E-state index is -0.846. The average molecular weight is 219 g/mol. The summed E-state index contributed by atoms with van der Waals surface area (Å²) < 4.78 is 35.9. The number of halogens is 2. The largest absolute Gasteiger partial charge is 0.493 e.